The first-order chi connectivity index (χ1) is 8.67. The topological polar surface area (TPSA) is 12.4 Å². The highest BCUT2D eigenvalue weighted by atomic mass is 14.7. The quantitative estimate of drug-likeness (QED) is 0.597. The lowest BCUT2D eigenvalue weighted by Crippen LogP contribution is -1.96. The van der Waals surface area contributed by atoms with Gasteiger partial charge in [-0.2, -0.15) is 0 Å². The van der Waals surface area contributed by atoms with Crippen molar-refractivity contribution in [1.82, 2.24) is 0 Å². The van der Waals surface area contributed by atoms with Crippen molar-refractivity contribution in [1.29, 1.82) is 0 Å². The van der Waals surface area contributed by atoms with Crippen LogP contribution in [0.3, 0.4) is 0 Å². The van der Waals surface area contributed by atoms with Gasteiger partial charge < -0.3 is 0 Å². The fourth-order valence-corrected chi connectivity index (χ4v) is 1.80. The van der Waals surface area contributed by atoms with E-state index in [1.54, 1.807) is 0 Å². The molecule has 0 N–H and O–H groups in total. The van der Waals surface area contributed by atoms with Gasteiger partial charge in [0.1, 0.15) is 0 Å². The van der Waals surface area contributed by atoms with Crippen LogP contribution in [0.25, 0.3) is 0 Å². The molecule has 0 saturated carbocycles. The third-order valence-electron chi connectivity index (χ3n) is 3.33. The normalized spacial score (nSPS) is 12.8. The number of unbranched alkanes of at least 4 members (excludes halogenated alkanes) is 1. The van der Waals surface area contributed by atoms with Crippen LogP contribution in [0.5, 0.6) is 0 Å². The number of hydrogen-bond donors (Lipinski definition) is 0. The van der Waals surface area contributed by atoms with Gasteiger partial charge in [0.25, 0.3) is 0 Å². The molecular formula is C17H25N. The van der Waals surface area contributed by atoms with Crippen LogP contribution in [0, 0.1) is 5.92 Å². The Hall–Kier alpha value is -1.37. The molecular weight excluding hydrogens is 218 g/mol. The second kappa shape index (κ2) is 7.86. The second-order valence-electron chi connectivity index (χ2n) is 4.89. The van der Waals surface area contributed by atoms with Crippen molar-refractivity contribution in [2.24, 2.45) is 10.9 Å². The van der Waals surface area contributed by atoms with Gasteiger partial charge in [-0.1, -0.05) is 64.5 Å². The molecule has 0 radical (unpaired) electrons. The summed E-state index contributed by atoms with van der Waals surface area (Å²) in [7, 11) is 0. The standard InChI is InChI=1S/C17H25N/c1-5-7-8-14(3)15(4)18-13-17-11-9-16(6-2)10-12-17/h9-14H,4-8H2,1-3H3/b18-13+/t14-/m0/s1. The Bertz CT molecular complexity index is 387. The Morgan fingerprint density at radius 3 is 2.50 bits per heavy atom. The fourth-order valence-electron chi connectivity index (χ4n) is 1.80. The zero-order valence-corrected chi connectivity index (χ0v) is 11.9. The zero-order valence-electron chi connectivity index (χ0n) is 11.9. The number of benzene rings is 1. The van der Waals surface area contributed by atoms with Crippen molar-refractivity contribution in [3.63, 3.8) is 0 Å². The van der Waals surface area contributed by atoms with Gasteiger partial charge in [0.2, 0.25) is 0 Å². The summed E-state index contributed by atoms with van der Waals surface area (Å²) < 4.78 is 0. The van der Waals surface area contributed by atoms with Crippen LogP contribution in [0.4, 0.5) is 0 Å². The van der Waals surface area contributed by atoms with Crippen LogP contribution in [0.1, 0.15) is 51.2 Å². The van der Waals surface area contributed by atoms with Crippen LogP contribution in [-0.2, 0) is 6.42 Å². The van der Waals surface area contributed by atoms with E-state index in [2.05, 4.69) is 56.6 Å². The molecule has 0 fully saturated rings. The second-order valence-corrected chi connectivity index (χ2v) is 4.89. The minimum Gasteiger partial charge on any atom is -0.261 e. The Morgan fingerprint density at radius 1 is 1.28 bits per heavy atom. The average Bonchev–Trinajstić information content (AvgIpc) is 2.42. The van der Waals surface area contributed by atoms with Crippen molar-refractivity contribution in [2.45, 2.75) is 46.5 Å². The molecule has 0 heterocycles. The van der Waals surface area contributed by atoms with Crippen molar-refractivity contribution in [3.8, 4) is 0 Å². The van der Waals surface area contributed by atoms with E-state index in [1.807, 2.05) is 6.21 Å². The van der Waals surface area contributed by atoms with Crippen LogP contribution in [0.2, 0.25) is 0 Å². The summed E-state index contributed by atoms with van der Waals surface area (Å²) in [5.41, 5.74) is 3.50. The molecule has 0 saturated heterocycles. The van der Waals surface area contributed by atoms with Gasteiger partial charge in [0.05, 0.1) is 0 Å². The Kier molecular flexibility index (Phi) is 6.42. The summed E-state index contributed by atoms with van der Waals surface area (Å²) in [5.74, 6) is 0.483. The highest BCUT2D eigenvalue weighted by molar-refractivity contribution is 5.80. The summed E-state index contributed by atoms with van der Waals surface area (Å²) in [6.07, 6.45) is 6.67. The molecule has 18 heavy (non-hydrogen) atoms. The van der Waals surface area contributed by atoms with Crippen molar-refractivity contribution in [3.05, 3.63) is 47.7 Å². The Labute approximate surface area is 112 Å². The smallest absolute Gasteiger partial charge is 0.0360 e. The van der Waals surface area contributed by atoms with E-state index >= 15 is 0 Å². The largest absolute Gasteiger partial charge is 0.261 e. The van der Waals surface area contributed by atoms with Gasteiger partial charge >= 0.3 is 0 Å². The maximum absolute atomic E-state index is 4.48. The molecule has 0 amide bonds. The molecule has 1 aromatic carbocycles. The predicted molar refractivity (Wildman–Crippen MR) is 81.2 cm³/mol. The summed E-state index contributed by atoms with van der Waals surface area (Å²) in [5, 5.41) is 0. The molecule has 1 aromatic rings. The molecule has 1 heteroatoms. The molecule has 1 atom stereocenters. The monoisotopic (exact) mass is 243 g/mol. The molecule has 0 unspecified atom stereocenters. The number of aryl methyl sites for hydroxylation is 1. The third kappa shape index (κ3) is 4.87. The summed E-state index contributed by atoms with van der Waals surface area (Å²) in [6, 6.07) is 8.55. The van der Waals surface area contributed by atoms with Crippen LogP contribution >= 0.6 is 0 Å². The van der Waals surface area contributed by atoms with Gasteiger partial charge in [-0.25, -0.2) is 0 Å². The number of allylic oxidation sites excluding steroid dienone is 1. The third-order valence-corrected chi connectivity index (χ3v) is 3.33. The lowest BCUT2D eigenvalue weighted by Gasteiger charge is -2.09. The molecule has 0 spiro atoms. The van der Waals surface area contributed by atoms with E-state index in [4.69, 9.17) is 0 Å². The highest BCUT2D eigenvalue weighted by Crippen LogP contribution is 2.17. The minimum absolute atomic E-state index is 0.483. The first-order valence-corrected chi connectivity index (χ1v) is 6.99. The van der Waals surface area contributed by atoms with E-state index in [9.17, 15) is 0 Å². The summed E-state index contributed by atoms with van der Waals surface area (Å²) >= 11 is 0. The molecule has 1 rings (SSSR count). The zero-order chi connectivity index (χ0) is 13.4. The minimum atomic E-state index is 0.483. The van der Waals surface area contributed by atoms with Crippen molar-refractivity contribution in [2.75, 3.05) is 0 Å². The highest BCUT2D eigenvalue weighted by Gasteiger charge is 2.03. The Morgan fingerprint density at radius 2 is 1.94 bits per heavy atom. The number of nitrogens with zero attached hydrogens (tertiary/aromatic N) is 1. The predicted octanol–water partition coefficient (Wildman–Crippen LogP) is 5.01. The summed E-state index contributed by atoms with van der Waals surface area (Å²) in [4.78, 5) is 4.48. The van der Waals surface area contributed by atoms with Crippen molar-refractivity contribution < 1.29 is 0 Å². The van der Waals surface area contributed by atoms with Gasteiger partial charge in [0.15, 0.2) is 0 Å². The van der Waals surface area contributed by atoms with Gasteiger partial charge in [0, 0.05) is 11.9 Å². The number of rotatable bonds is 7. The van der Waals surface area contributed by atoms with Gasteiger partial charge in [-0.3, -0.25) is 4.99 Å². The molecule has 0 aliphatic heterocycles. The molecule has 0 aromatic heterocycles. The molecule has 1 nitrogen and oxygen atoms in total. The van der Waals surface area contributed by atoms with Crippen molar-refractivity contribution >= 4 is 6.21 Å². The lowest BCUT2D eigenvalue weighted by molar-refractivity contribution is 0.570. The maximum Gasteiger partial charge on any atom is 0.0360 e. The van der Waals surface area contributed by atoms with E-state index < -0.39 is 0 Å². The Balaban J connectivity index is 2.54. The van der Waals surface area contributed by atoms with Gasteiger partial charge in [-0.05, 0) is 29.9 Å². The first kappa shape index (κ1) is 14.7. The molecule has 0 aliphatic rings. The van der Waals surface area contributed by atoms with E-state index in [0.717, 1.165) is 17.7 Å². The average molecular weight is 243 g/mol. The van der Waals surface area contributed by atoms with Gasteiger partial charge in [-0.15, -0.1) is 0 Å². The number of hydrogen-bond acceptors (Lipinski definition) is 1. The molecule has 0 bridgehead atoms. The molecule has 0 aliphatic carbocycles. The van der Waals surface area contributed by atoms with E-state index in [0.29, 0.717) is 5.92 Å². The maximum atomic E-state index is 4.48. The van der Waals surface area contributed by atoms with E-state index in [-0.39, 0.29) is 0 Å². The molecule has 98 valence electrons. The van der Waals surface area contributed by atoms with Crippen LogP contribution < -0.4 is 0 Å². The summed E-state index contributed by atoms with van der Waals surface area (Å²) in [6.45, 7) is 10.6. The van der Waals surface area contributed by atoms with Crippen LogP contribution in [-0.4, -0.2) is 6.21 Å². The first-order valence-electron chi connectivity index (χ1n) is 6.99. The fraction of sp³-hybridized carbons (Fsp3) is 0.471. The SMILES string of the molecule is C=C(/N=C/c1ccc(CC)cc1)[C@@H](C)CCCC. The number of aliphatic imine (C=N–C) groups is 1. The van der Waals surface area contributed by atoms with Crippen LogP contribution in [0.15, 0.2) is 41.5 Å². The lowest BCUT2D eigenvalue weighted by atomic mass is 10.0. The van der Waals surface area contributed by atoms with E-state index in [1.165, 1.54) is 24.8 Å².